The average molecular weight is 277 g/mol. The number of hydrogen-bond acceptors (Lipinski definition) is 2. The van der Waals surface area contributed by atoms with Crippen molar-refractivity contribution in [2.24, 2.45) is 0 Å². The first-order valence-corrected chi connectivity index (χ1v) is 6.08. The Morgan fingerprint density at radius 1 is 1.31 bits per heavy atom. The molecule has 1 aromatic carbocycles. The Kier molecular flexibility index (Phi) is 3.34. The number of aryl methyl sites for hydroxylation is 2. The molecule has 0 bridgehead atoms. The van der Waals surface area contributed by atoms with E-state index in [4.69, 9.17) is 0 Å². The molecule has 0 saturated carbocycles. The van der Waals surface area contributed by atoms with Crippen molar-refractivity contribution in [2.45, 2.75) is 20.3 Å². The molecule has 0 aliphatic rings. The molecule has 3 heteroatoms. The van der Waals surface area contributed by atoms with E-state index in [2.05, 4.69) is 51.9 Å². The van der Waals surface area contributed by atoms with Crippen LogP contribution < -0.4 is 0 Å². The van der Waals surface area contributed by atoms with E-state index >= 15 is 0 Å². The van der Waals surface area contributed by atoms with Crippen LogP contribution in [0.15, 0.2) is 34.9 Å². The van der Waals surface area contributed by atoms with Crippen LogP contribution >= 0.6 is 15.9 Å². The molecule has 1 heterocycles. The van der Waals surface area contributed by atoms with Crippen molar-refractivity contribution in [3.63, 3.8) is 0 Å². The predicted molar refractivity (Wildman–Crippen MR) is 69.3 cm³/mol. The van der Waals surface area contributed by atoms with Gasteiger partial charge >= 0.3 is 0 Å². The summed E-state index contributed by atoms with van der Waals surface area (Å²) in [5.74, 6) is 0.795. The highest BCUT2D eigenvalue weighted by atomic mass is 79.9. The van der Waals surface area contributed by atoms with Gasteiger partial charge in [0.25, 0.3) is 0 Å². The van der Waals surface area contributed by atoms with Crippen LogP contribution in [0.1, 0.15) is 18.2 Å². The van der Waals surface area contributed by atoms with E-state index in [1.54, 1.807) is 0 Å². The Morgan fingerprint density at radius 2 is 2.12 bits per heavy atom. The van der Waals surface area contributed by atoms with Gasteiger partial charge < -0.3 is 0 Å². The standard InChI is InChI=1S/C13H13BrN2/c1-3-12-11(14)8-15-13(16-12)10-6-4-5-9(2)7-10/h4-8H,3H2,1-2H3. The monoisotopic (exact) mass is 276 g/mol. The Labute approximate surface area is 104 Å². The lowest BCUT2D eigenvalue weighted by Crippen LogP contribution is -1.95. The Bertz CT molecular complexity index is 509. The molecule has 0 aliphatic heterocycles. The Hall–Kier alpha value is -1.22. The summed E-state index contributed by atoms with van der Waals surface area (Å²) in [5.41, 5.74) is 3.34. The van der Waals surface area contributed by atoms with Crippen molar-refractivity contribution in [1.82, 2.24) is 9.97 Å². The van der Waals surface area contributed by atoms with E-state index in [-0.39, 0.29) is 0 Å². The van der Waals surface area contributed by atoms with Crippen LogP contribution in [0.25, 0.3) is 11.4 Å². The van der Waals surface area contributed by atoms with Gasteiger partial charge in [0.2, 0.25) is 0 Å². The topological polar surface area (TPSA) is 25.8 Å². The fraction of sp³-hybridized carbons (Fsp3) is 0.231. The molecule has 0 radical (unpaired) electrons. The molecule has 0 spiro atoms. The normalized spacial score (nSPS) is 10.4. The lowest BCUT2D eigenvalue weighted by Gasteiger charge is -2.05. The first-order chi connectivity index (χ1) is 7.70. The molecule has 2 nitrogen and oxygen atoms in total. The number of halogens is 1. The number of rotatable bonds is 2. The van der Waals surface area contributed by atoms with Gasteiger partial charge in [-0.3, -0.25) is 0 Å². The van der Waals surface area contributed by atoms with Crippen molar-refractivity contribution in [1.29, 1.82) is 0 Å². The molecule has 0 saturated heterocycles. The summed E-state index contributed by atoms with van der Waals surface area (Å²) in [4.78, 5) is 8.88. The van der Waals surface area contributed by atoms with Gasteiger partial charge in [0.15, 0.2) is 5.82 Å². The minimum Gasteiger partial charge on any atom is -0.235 e. The fourth-order valence-corrected chi connectivity index (χ4v) is 2.05. The van der Waals surface area contributed by atoms with Crippen LogP contribution in [0, 0.1) is 6.92 Å². The van der Waals surface area contributed by atoms with Gasteiger partial charge in [-0.15, -0.1) is 0 Å². The molecule has 82 valence electrons. The van der Waals surface area contributed by atoms with Gasteiger partial charge in [-0.1, -0.05) is 30.7 Å². The Morgan fingerprint density at radius 3 is 2.81 bits per heavy atom. The minimum absolute atomic E-state index is 0.795. The zero-order valence-corrected chi connectivity index (χ0v) is 11.0. The third-order valence-electron chi connectivity index (χ3n) is 2.43. The van der Waals surface area contributed by atoms with Crippen LogP contribution in [0.4, 0.5) is 0 Å². The third kappa shape index (κ3) is 2.30. The summed E-state index contributed by atoms with van der Waals surface area (Å²) < 4.78 is 0.978. The zero-order valence-electron chi connectivity index (χ0n) is 9.37. The fourth-order valence-electron chi connectivity index (χ4n) is 1.57. The average Bonchev–Trinajstić information content (AvgIpc) is 2.29. The summed E-state index contributed by atoms with van der Waals surface area (Å²) in [5, 5.41) is 0. The van der Waals surface area contributed by atoms with E-state index in [9.17, 15) is 0 Å². The molecule has 16 heavy (non-hydrogen) atoms. The minimum atomic E-state index is 0.795. The van der Waals surface area contributed by atoms with Crippen molar-refractivity contribution in [3.05, 3.63) is 46.2 Å². The van der Waals surface area contributed by atoms with E-state index in [1.807, 2.05) is 18.3 Å². The van der Waals surface area contributed by atoms with Crippen LogP contribution in [-0.2, 0) is 6.42 Å². The van der Waals surface area contributed by atoms with Gasteiger partial charge in [-0.25, -0.2) is 9.97 Å². The van der Waals surface area contributed by atoms with Crippen LogP contribution in [0.5, 0.6) is 0 Å². The molecule has 0 N–H and O–H groups in total. The molecule has 2 aromatic rings. The highest BCUT2D eigenvalue weighted by Gasteiger charge is 2.05. The third-order valence-corrected chi connectivity index (χ3v) is 3.09. The van der Waals surface area contributed by atoms with Gasteiger partial charge in [0.1, 0.15) is 0 Å². The number of benzene rings is 1. The van der Waals surface area contributed by atoms with Crippen LogP contribution in [-0.4, -0.2) is 9.97 Å². The molecule has 1 aromatic heterocycles. The number of hydrogen-bond donors (Lipinski definition) is 0. The van der Waals surface area contributed by atoms with E-state index in [0.29, 0.717) is 0 Å². The van der Waals surface area contributed by atoms with Crippen LogP contribution in [0.3, 0.4) is 0 Å². The molecule has 0 fully saturated rings. The molecular weight excluding hydrogens is 264 g/mol. The molecule has 0 atom stereocenters. The maximum absolute atomic E-state index is 4.54. The first kappa shape index (κ1) is 11.3. The molecule has 2 rings (SSSR count). The first-order valence-electron chi connectivity index (χ1n) is 5.29. The maximum Gasteiger partial charge on any atom is 0.159 e. The van der Waals surface area contributed by atoms with Crippen molar-refractivity contribution < 1.29 is 0 Å². The summed E-state index contributed by atoms with van der Waals surface area (Å²) in [6.45, 7) is 4.16. The summed E-state index contributed by atoms with van der Waals surface area (Å²) in [6.07, 6.45) is 2.73. The second-order valence-corrected chi connectivity index (χ2v) is 4.57. The highest BCUT2D eigenvalue weighted by Crippen LogP contribution is 2.20. The van der Waals surface area contributed by atoms with Crippen molar-refractivity contribution in [3.8, 4) is 11.4 Å². The van der Waals surface area contributed by atoms with Crippen molar-refractivity contribution in [2.75, 3.05) is 0 Å². The number of nitrogens with zero attached hydrogens (tertiary/aromatic N) is 2. The molecule has 0 aliphatic carbocycles. The second-order valence-electron chi connectivity index (χ2n) is 3.71. The predicted octanol–water partition coefficient (Wildman–Crippen LogP) is 3.78. The summed E-state index contributed by atoms with van der Waals surface area (Å²) in [6, 6.07) is 8.24. The maximum atomic E-state index is 4.54. The molecular formula is C13H13BrN2. The van der Waals surface area contributed by atoms with Gasteiger partial charge in [-0.2, -0.15) is 0 Å². The highest BCUT2D eigenvalue weighted by molar-refractivity contribution is 9.10. The van der Waals surface area contributed by atoms with Gasteiger partial charge in [-0.05, 0) is 35.3 Å². The lowest BCUT2D eigenvalue weighted by molar-refractivity contribution is 0.990. The van der Waals surface area contributed by atoms with E-state index in [0.717, 1.165) is 28.0 Å². The SMILES string of the molecule is CCc1nc(-c2cccc(C)c2)ncc1Br. The number of aromatic nitrogens is 2. The van der Waals surface area contributed by atoms with E-state index < -0.39 is 0 Å². The summed E-state index contributed by atoms with van der Waals surface area (Å²) >= 11 is 3.45. The van der Waals surface area contributed by atoms with Gasteiger partial charge in [0.05, 0.1) is 10.2 Å². The van der Waals surface area contributed by atoms with Gasteiger partial charge in [0, 0.05) is 11.8 Å². The second kappa shape index (κ2) is 4.74. The smallest absolute Gasteiger partial charge is 0.159 e. The lowest BCUT2D eigenvalue weighted by atomic mass is 10.1. The Balaban J connectivity index is 2.48. The summed E-state index contributed by atoms with van der Waals surface area (Å²) in [7, 11) is 0. The molecule has 0 unspecified atom stereocenters. The van der Waals surface area contributed by atoms with Crippen molar-refractivity contribution >= 4 is 15.9 Å². The zero-order chi connectivity index (χ0) is 11.5. The van der Waals surface area contributed by atoms with Crippen LogP contribution in [0.2, 0.25) is 0 Å². The van der Waals surface area contributed by atoms with E-state index in [1.165, 1.54) is 5.56 Å². The quantitative estimate of drug-likeness (QED) is 0.834. The largest absolute Gasteiger partial charge is 0.235 e. The molecule has 0 amide bonds.